The summed E-state index contributed by atoms with van der Waals surface area (Å²) in [5.74, 6) is -3.11. The number of phenolic OH excluding ortho intramolecular Hbond substituents is 4. The van der Waals surface area contributed by atoms with E-state index in [9.17, 15) is 45.6 Å². The summed E-state index contributed by atoms with van der Waals surface area (Å²) in [6, 6.07) is 5.66. The molecule has 2 aromatic carbocycles. The predicted molar refractivity (Wildman–Crippen MR) is 109 cm³/mol. The fraction of sp³-hybridized carbons (Fsp3) is 0.286. The van der Waals surface area contributed by atoms with E-state index in [0.717, 1.165) is 18.2 Å². The standard InChI is InChI=1S/C21H20O12/c22-6-14-16(27)18(29)19(30)21(32-14)33-20-11(26)5-13-15(17(20)28)10(25)4-12(31-13)7-1-2-8(23)9(24)3-7/h1-5,14,16,18-19,21-24,26-30H,6H2/t14-,16+,18+,19+,21-/m0/s1. The van der Waals surface area contributed by atoms with Crippen LogP contribution in [0, 0.1) is 0 Å². The van der Waals surface area contributed by atoms with Crippen LogP contribution in [0.25, 0.3) is 22.3 Å². The molecule has 0 unspecified atom stereocenters. The molecule has 1 saturated heterocycles. The first-order valence-corrected chi connectivity index (χ1v) is 9.64. The smallest absolute Gasteiger partial charge is 0.229 e. The lowest BCUT2D eigenvalue weighted by Gasteiger charge is -2.39. The summed E-state index contributed by atoms with van der Waals surface area (Å²) in [4.78, 5) is 12.7. The fourth-order valence-corrected chi connectivity index (χ4v) is 3.49. The summed E-state index contributed by atoms with van der Waals surface area (Å²) in [5.41, 5.74) is -0.777. The molecule has 0 radical (unpaired) electrons. The number of ether oxygens (including phenoxy) is 2. The third kappa shape index (κ3) is 3.90. The third-order valence-corrected chi connectivity index (χ3v) is 5.27. The molecule has 33 heavy (non-hydrogen) atoms. The highest BCUT2D eigenvalue weighted by Crippen LogP contribution is 2.43. The van der Waals surface area contributed by atoms with Crippen LogP contribution in [0.3, 0.4) is 0 Å². The first-order chi connectivity index (χ1) is 15.6. The van der Waals surface area contributed by atoms with Crippen molar-refractivity contribution in [3.8, 4) is 40.1 Å². The molecule has 1 aliphatic heterocycles. The van der Waals surface area contributed by atoms with Gasteiger partial charge in [0.25, 0.3) is 0 Å². The van der Waals surface area contributed by atoms with Crippen LogP contribution in [-0.4, -0.2) is 78.2 Å². The number of rotatable bonds is 4. The number of benzene rings is 2. The van der Waals surface area contributed by atoms with E-state index < -0.39 is 65.7 Å². The van der Waals surface area contributed by atoms with Gasteiger partial charge in [-0.3, -0.25) is 4.79 Å². The molecule has 0 aliphatic carbocycles. The Labute approximate surface area is 184 Å². The van der Waals surface area contributed by atoms with Gasteiger partial charge in [0.1, 0.15) is 41.1 Å². The molecule has 12 nitrogen and oxygen atoms in total. The highest BCUT2D eigenvalue weighted by atomic mass is 16.7. The van der Waals surface area contributed by atoms with E-state index in [1.54, 1.807) is 0 Å². The molecule has 176 valence electrons. The van der Waals surface area contributed by atoms with Gasteiger partial charge in [0, 0.05) is 17.7 Å². The summed E-state index contributed by atoms with van der Waals surface area (Å²) in [5, 5.41) is 78.8. The van der Waals surface area contributed by atoms with Crippen molar-refractivity contribution in [1.29, 1.82) is 0 Å². The third-order valence-electron chi connectivity index (χ3n) is 5.27. The molecule has 0 spiro atoms. The highest BCUT2D eigenvalue weighted by molar-refractivity contribution is 5.89. The lowest BCUT2D eigenvalue weighted by Crippen LogP contribution is -2.60. The van der Waals surface area contributed by atoms with Gasteiger partial charge in [0.2, 0.25) is 12.0 Å². The van der Waals surface area contributed by atoms with E-state index in [0.29, 0.717) is 0 Å². The van der Waals surface area contributed by atoms with Crippen LogP contribution in [0.4, 0.5) is 0 Å². The average molecular weight is 464 g/mol. The fourth-order valence-electron chi connectivity index (χ4n) is 3.49. The average Bonchev–Trinajstić information content (AvgIpc) is 2.77. The molecule has 3 aromatic rings. The second kappa shape index (κ2) is 8.42. The zero-order chi connectivity index (χ0) is 24.0. The number of aliphatic hydroxyl groups excluding tert-OH is 4. The number of hydrogen-bond donors (Lipinski definition) is 8. The van der Waals surface area contributed by atoms with Crippen LogP contribution in [0.1, 0.15) is 0 Å². The zero-order valence-corrected chi connectivity index (χ0v) is 16.7. The van der Waals surface area contributed by atoms with Gasteiger partial charge < -0.3 is 54.7 Å². The van der Waals surface area contributed by atoms with Gasteiger partial charge in [-0.1, -0.05) is 0 Å². The Balaban J connectivity index is 1.75. The monoisotopic (exact) mass is 464 g/mol. The van der Waals surface area contributed by atoms with Crippen molar-refractivity contribution in [3.63, 3.8) is 0 Å². The summed E-state index contributed by atoms with van der Waals surface area (Å²) < 4.78 is 16.0. The van der Waals surface area contributed by atoms with Crippen molar-refractivity contribution in [3.05, 3.63) is 40.6 Å². The molecular weight excluding hydrogens is 444 g/mol. The molecule has 2 heterocycles. The van der Waals surface area contributed by atoms with Crippen LogP contribution in [0.15, 0.2) is 39.5 Å². The summed E-state index contributed by atoms with van der Waals surface area (Å²) in [6.07, 6.45) is -8.25. The zero-order valence-electron chi connectivity index (χ0n) is 16.7. The van der Waals surface area contributed by atoms with Crippen LogP contribution < -0.4 is 10.2 Å². The van der Waals surface area contributed by atoms with Crippen molar-refractivity contribution in [2.75, 3.05) is 6.61 Å². The lowest BCUT2D eigenvalue weighted by atomic mass is 9.99. The van der Waals surface area contributed by atoms with E-state index in [1.165, 1.54) is 12.1 Å². The van der Waals surface area contributed by atoms with Gasteiger partial charge in [-0.15, -0.1) is 0 Å². The van der Waals surface area contributed by atoms with Crippen LogP contribution in [0.2, 0.25) is 0 Å². The summed E-state index contributed by atoms with van der Waals surface area (Å²) in [7, 11) is 0. The molecule has 0 saturated carbocycles. The van der Waals surface area contributed by atoms with Gasteiger partial charge in [0.05, 0.1) is 6.61 Å². The van der Waals surface area contributed by atoms with E-state index in [4.69, 9.17) is 13.9 Å². The molecule has 12 heteroatoms. The van der Waals surface area contributed by atoms with Gasteiger partial charge in [-0.25, -0.2) is 0 Å². The van der Waals surface area contributed by atoms with Crippen molar-refractivity contribution >= 4 is 11.0 Å². The number of hydrogen-bond acceptors (Lipinski definition) is 12. The topological polar surface area (TPSA) is 211 Å². The van der Waals surface area contributed by atoms with E-state index in [2.05, 4.69) is 0 Å². The Bertz CT molecular complexity index is 1250. The first-order valence-electron chi connectivity index (χ1n) is 9.64. The van der Waals surface area contributed by atoms with Gasteiger partial charge in [0.15, 0.2) is 28.4 Å². The Morgan fingerprint density at radius 2 is 1.61 bits per heavy atom. The minimum Gasteiger partial charge on any atom is -0.504 e. The molecule has 0 bridgehead atoms. The van der Waals surface area contributed by atoms with Gasteiger partial charge >= 0.3 is 0 Å². The maximum absolute atomic E-state index is 12.7. The summed E-state index contributed by atoms with van der Waals surface area (Å²) >= 11 is 0. The highest BCUT2D eigenvalue weighted by Gasteiger charge is 2.45. The van der Waals surface area contributed by atoms with Crippen LogP contribution in [-0.2, 0) is 4.74 Å². The second-order valence-electron chi connectivity index (χ2n) is 7.44. The molecule has 5 atom stereocenters. The number of aliphatic hydroxyl groups is 4. The normalized spacial score (nSPS) is 25.3. The molecule has 4 rings (SSSR count). The lowest BCUT2D eigenvalue weighted by molar-refractivity contribution is -0.277. The first kappa shape index (κ1) is 22.6. The molecule has 8 N–H and O–H groups in total. The SMILES string of the molecule is O=c1cc(-c2ccc(O)c(O)c2)oc2cc(O)c(O[C@@H]3O[C@@H](CO)[C@@H](O)[C@@H](O)[C@H]3O)c(O)c12. The van der Waals surface area contributed by atoms with Crippen molar-refractivity contribution in [2.45, 2.75) is 30.7 Å². The maximum atomic E-state index is 12.7. The number of phenols is 4. The van der Waals surface area contributed by atoms with E-state index in [-0.39, 0.29) is 28.0 Å². The van der Waals surface area contributed by atoms with Crippen LogP contribution >= 0.6 is 0 Å². The number of aromatic hydroxyl groups is 4. The molecular formula is C21H20O12. The minimum atomic E-state index is -1.82. The Kier molecular flexibility index (Phi) is 5.78. The van der Waals surface area contributed by atoms with Gasteiger partial charge in [-0.2, -0.15) is 0 Å². The molecule has 0 amide bonds. The minimum absolute atomic E-state index is 0.0378. The Morgan fingerprint density at radius 3 is 2.27 bits per heavy atom. The summed E-state index contributed by atoms with van der Waals surface area (Å²) in [6.45, 7) is -0.723. The predicted octanol–water partition coefficient (Wildman–Crippen LogP) is -0.539. The van der Waals surface area contributed by atoms with Gasteiger partial charge in [-0.05, 0) is 18.2 Å². The van der Waals surface area contributed by atoms with Crippen molar-refractivity contribution in [1.82, 2.24) is 0 Å². The quantitative estimate of drug-likeness (QED) is 0.229. The molecule has 1 fully saturated rings. The largest absolute Gasteiger partial charge is 0.504 e. The van der Waals surface area contributed by atoms with E-state index >= 15 is 0 Å². The molecule has 1 aromatic heterocycles. The Morgan fingerprint density at radius 1 is 0.879 bits per heavy atom. The van der Waals surface area contributed by atoms with E-state index in [1.807, 2.05) is 0 Å². The molecule has 1 aliphatic rings. The second-order valence-corrected chi connectivity index (χ2v) is 7.44. The van der Waals surface area contributed by atoms with Crippen molar-refractivity contribution in [2.24, 2.45) is 0 Å². The maximum Gasteiger partial charge on any atom is 0.229 e. The van der Waals surface area contributed by atoms with Crippen LogP contribution in [0.5, 0.6) is 28.7 Å². The Hall–Kier alpha value is -3.55. The number of fused-ring (bicyclic) bond motifs is 1. The van der Waals surface area contributed by atoms with Crippen molar-refractivity contribution < 1.29 is 54.7 Å².